The summed E-state index contributed by atoms with van der Waals surface area (Å²) in [4.78, 5) is 6.77. The van der Waals surface area contributed by atoms with Crippen LogP contribution in [0.1, 0.15) is 11.4 Å². The lowest BCUT2D eigenvalue weighted by molar-refractivity contribution is 0.276. The van der Waals surface area contributed by atoms with Gasteiger partial charge >= 0.3 is 0 Å². The first-order valence-electron chi connectivity index (χ1n) is 3.93. The second kappa shape index (κ2) is 5.13. The Morgan fingerprint density at radius 2 is 2.23 bits per heavy atom. The molecule has 5 heteroatoms. The smallest absolute Gasteiger partial charge is 0.0853 e. The zero-order chi connectivity index (χ0) is 9.52. The second-order valence-electron chi connectivity index (χ2n) is 2.48. The number of aliphatic hydroxyl groups is 1. The van der Waals surface area contributed by atoms with Gasteiger partial charge in [0, 0.05) is 17.2 Å². The Bertz CT molecular complexity index is 320. The Balaban J connectivity index is 2.60. The summed E-state index contributed by atoms with van der Waals surface area (Å²) in [5, 5.41) is 12.2. The fraction of sp³-hybridized carbons (Fsp3) is 0.375. The van der Waals surface area contributed by atoms with E-state index < -0.39 is 0 Å². The zero-order valence-corrected chi connectivity index (χ0v) is 7.09. The molecule has 5 nitrogen and oxygen atoms in total. The maximum atomic E-state index is 8.79. The Hall–Kier alpha value is -1.58. The number of hydrogen-bond donors (Lipinski definition) is 1. The highest BCUT2D eigenvalue weighted by Crippen LogP contribution is 2.00. The van der Waals surface area contributed by atoms with Gasteiger partial charge in [-0.1, -0.05) is 11.2 Å². The third-order valence-electron chi connectivity index (χ3n) is 1.56. The summed E-state index contributed by atoms with van der Waals surface area (Å²) in [6.07, 6.45) is 0.609. The normalized spacial score (nSPS) is 9.31. The van der Waals surface area contributed by atoms with Crippen molar-refractivity contribution in [2.75, 3.05) is 6.54 Å². The van der Waals surface area contributed by atoms with E-state index in [1.165, 1.54) is 0 Å². The Morgan fingerprint density at radius 3 is 2.92 bits per heavy atom. The van der Waals surface area contributed by atoms with E-state index in [9.17, 15) is 0 Å². The fourth-order valence-corrected chi connectivity index (χ4v) is 0.966. The summed E-state index contributed by atoms with van der Waals surface area (Å²) >= 11 is 0. The maximum Gasteiger partial charge on any atom is 0.0853 e. The molecule has 1 N–H and O–H groups in total. The van der Waals surface area contributed by atoms with E-state index in [-0.39, 0.29) is 6.61 Å². The van der Waals surface area contributed by atoms with E-state index in [1.807, 2.05) is 12.1 Å². The molecule has 0 fully saturated rings. The first-order valence-corrected chi connectivity index (χ1v) is 3.93. The van der Waals surface area contributed by atoms with E-state index >= 15 is 0 Å². The third-order valence-corrected chi connectivity index (χ3v) is 1.56. The lowest BCUT2D eigenvalue weighted by Crippen LogP contribution is -1.96. The number of pyridine rings is 1. The van der Waals surface area contributed by atoms with Crippen LogP contribution in [0.5, 0.6) is 0 Å². The van der Waals surface area contributed by atoms with Gasteiger partial charge in [0.2, 0.25) is 0 Å². The van der Waals surface area contributed by atoms with Gasteiger partial charge in [0.05, 0.1) is 12.3 Å². The van der Waals surface area contributed by atoms with E-state index in [2.05, 4.69) is 15.0 Å². The molecule has 0 unspecified atom stereocenters. The summed E-state index contributed by atoms with van der Waals surface area (Å²) in [7, 11) is 0. The van der Waals surface area contributed by atoms with Crippen LogP contribution in [-0.2, 0) is 13.0 Å². The molecule has 68 valence electrons. The summed E-state index contributed by atoms with van der Waals surface area (Å²) in [5.41, 5.74) is 9.51. The van der Waals surface area contributed by atoms with Crippen molar-refractivity contribution in [3.05, 3.63) is 40.0 Å². The van der Waals surface area contributed by atoms with Crippen LogP contribution in [0.4, 0.5) is 0 Å². The van der Waals surface area contributed by atoms with Crippen LogP contribution in [0.25, 0.3) is 10.4 Å². The molecule has 0 radical (unpaired) electrons. The standard InChI is InChI=1S/C8H10N4O/c9-12-10-5-4-7-2-1-3-8(6-13)11-7/h1-3,13H,4-6H2. The summed E-state index contributed by atoms with van der Waals surface area (Å²) in [5.74, 6) is 0. The molecule has 0 bridgehead atoms. The molecule has 0 atom stereocenters. The predicted octanol–water partition coefficient (Wildman–Crippen LogP) is 1.43. The van der Waals surface area contributed by atoms with Crippen molar-refractivity contribution in [1.29, 1.82) is 0 Å². The lowest BCUT2D eigenvalue weighted by atomic mass is 10.2. The van der Waals surface area contributed by atoms with Crippen molar-refractivity contribution < 1.29 is 5.11 Å². The van der Waals surface area contributed by atoms with Crippen molar-refractivity contribution in [2.24, 2.45) is 5.11 Å². The lowest BCUT2D eigenvalue weighted by Gasteiger charge is -1.99. The Morgan fingerprint density at radius 1 is 1.46 bits per heavy atom. The largest absolute Gasteiger partial charge is 0.390 e. The first kappa shape index (κ1) is 9.51. The number of hydrogen-bond acceptors (Lipinski definition) is 3. The quantitative estimate of drug-likeness (QED) is 0.429. The van der Waals surface area contributed by atoms with Gasteiger partial charge in [-0.3, -0.25) is 4.98 Å². The number of aliphatic hydroxyl groups excluding tert-OH is 1. The predicted molar refractivity (Wildman–Crippen MR) is 47.9 cm³/mol. The maximum absolute atomic E-state index is 8.79. The van der Waals surface area contributed by atoms with Gasteiger partial charge < -0.3 is 5.11 Å². The van der Waals surface area contributed by atoms with Crippen molar-refractivity contribution in [3.8, 4) is 0 Å². The van der Waals surface area contributed by atoms with Crippen LogP contribution in [0.3, 0.4) is 0 Å². The molecule has 1 aromatic rings. The molecule has 1 heterocycles. The molecule has 0 saturated heterocycles. The summed E-state index contributed by atoms with van der Waals surface area (Å²) in [6.45, 7) is 0.341. The highest BCUT2D eigenvalue weighted by Gasteiger charge is 1.95. The van der Waals surface area contributed by atoms with Crippen LogP contribution in [0.2, 0.25) is 0 Å². The van der Waals surface area contributed by atoms with Gasteiger partial charge in [0.15, 0.2) is 0 Å². The molecule has 0 saturated carbocycles. The molecular formula is C8H10N4O. The fourth-order valence-electron chi connectivity index (χ4n) is 0.966. The average Bonchev–Trinajstić information content (AvgIpc) is 2.19. The molecule has 0 aliphatic rings. The molecule has 1 aromatic heterocycles. The van der Waals surface area contributed by atoms with Crippen LogP contribution in [0.15, 0.2) is 23.3 Å². The summed E-state index contributed by atoms with van der Waals surface area (Å²) in [6, 6.07) is 5.41. The molecule has 0 aromatic carbocycles. The molecular weight excluding hydrogens is 168 g/mol. The minimum atomic E-state index is -0.0602. The van der Waals surface area contributed by atoms with Crippen molar-refractivity contribution in [3.63, 3.8) is 0 Å². The molecule has 0 amide bonds. The number of rotatable bonds is 4. The Labute approximate surface area is 75.7 Å². The van der Waals surface area contributed by atoms with E-state index in [0.29, 0.717) is 18.7 Å². The summed E-state index contributed by atoms with van der Waals surface area (Å²) < 4.78 is 0. The SMILES string of the molecule is [N-]=[N+]=NCCc1cccc(CO)n1. The van der Waals surface area contributed by atoms with Crippen molar-refractivity contribution >= 4 is 0 Å². The van der Waals surface area contributed by atoms with Crippen molar-refractivity contribution in [2.45, 2.75) is 13.0 Å². The topological polar surface area (TPSA) is 81.9 Å². The van der Waals surface area contributed by atoms with Crippen LogP contribution in [-0.4, -0.2) is 16.6 Å². The second-order valence-corrected chi connectivity index (χ2v) is 2.48. The molecule has 13 heavy (non-hydrogen) atoms. The van der Waals surface area contributed by atoms with E-state index in [1.54, 1.807) is 6.07 Å². The van der Waals surface area contributed by atoms with Crippen LogP contribution >= 0.6 is 0 Å². The van der Waals surface area contributed by atoms with E-state index in [4.69, 9.17) is 10.6 Å². The number of azide groups is 1. The molecule has 0 aliphatic carbocycles. The van der Waals surface area contributed by atoms with Gasteiger partial charge in [-0.05, 0) is 24.1 Å². The van der Waals surface area contributed by atoms with Crippen LogP contribution in [0, 0.1) is 0 Å². The third kappa shape index (κ3) is 3.11. The minimum absolute atomic E-state index is 0.0602. The monoisotopic (exact) mass is 178 g/mol. The van der Waals surface area contributed by atoms with Gasteiger partial charge in [-0.25, -0.2) is 0 Å². The number of aromatic nitrogens is 1. The van der Waals surface area contributed by atoms with Gasteiger partial charge in [0.1, 0.15) is 0 Å². The van der Waals surface area contributed by atoms with Crippen molar-refractivity contribution in [1.82, 2.24) is 4.98 Å². The van der Waals surface area contributed by atoms with E-state index in [0.717, 1.165) is 5.69 Å². The minimum Gasteiger partial charge on any atom is -0.390 e. The molecule has 0 aliphatic heterocycles. The van der Waals surface area contributed by atoms with Crippen LogP contribution < -0.4 is 0 Å². The first-order chi connectivity index (χ1) is 6.36. The molecule has 0 spiro atoms. The number of nitrogens with zero attached hydrogens (tertiary/aromatic N) is 4. The van der Waals surface area contributed by atoms with Gasteiger partial charge in [-0.2, -0.15) is 0 Å². The highest BCUT2D eigenvalue weighted by molar-refractivity contribution is 5.10. The Kier molecular flexibility index (Phi) is 3.75. The van der Waals surface area contributed by atoms with Gasteiger partial charge in [-0.15, -0.1) is 0 Å². The highest BCUT2D eigenvalue weighted by atomic mass is 16.3. The zero-order valence-electron chi connectivity index (χ0n) is 7.09. The average molecular weight is 178 g/mol. The van der Waals surface area contributed by atoms with Gasteiger partial charge in [0.25, 0.3) is 0 Å². The molecule has 1 rings (SSSR count).